The molecule has 20 heavy (non-hydrogen) atoms. The SMILES string of the molecule is CC1CCCCCN1CC(=O)Nc1cc(N)ccc1F. The molecule has 5 heteroatoms. The van der Waals surface area contributed by atoms with Gasteiger partial charge in [-0.15, -0.1) is 0 Å². The Hall–Kier alpha value is -1.62. The molecule has 0 spiro atoms. The quantitative estimate of drug-likeness (QED) is 0.836. The van der Waals surface area contributed by atoms with Gasteiger partial charge in [-0.3, -0.25) is 9.69 Å². The number of halogens is 1. The number of nitrogen functional groups attached to an aromatic ring is 1. The van der Waals surface area contributed by atoms with Gasteiger partial charge in [-0.25, -0.2) is 4.39 Å². The summed E-state index contributed by atoms with van der Waals surface area (Å²) in [6.45, 7) is 3.36. The molecule has 0 bridgehead atoms. The number of nitrogens with one attached hydrogen (secondary N) is 1. The van der Waals surface area contributed by atoms with Gasteiger partial charge in [-0.2, -0.15) is 0 Å². The topological polar surface area (TPSA) is 58.4 Å². The summed E-state index contributed by atoms with van der Waals surface area (Å²) in [6.07, 6.45) is 4.65. The molecule has 0 aromatic heterocycles. The second kappa shape index (κ2) is 6.70. The number of carbonyl (C=O) groups excluding carboxylic acids is 1. The molecule has 1 fully saturated rings. The molecule has 1 unspecified atom stereocenters. The first kappa shape index (κ1) is 14.8. The summed E-state index contributed by atoms with van der Waals surface area (Å²) in [5, 5.41) is 2.60. The fourth-order valence-electron chi connectivity index (χ4n) is 2.58. The van der Waals surface area contributed by atoms with E-state index in [4.69, 9.17) is 5.73 Å². The Morgan fingerprint density at radius 3 is 3.05 bits per heavy atom. The molecule has 110 valence electrons. The zero-order chi connectivity index (χ0) is 14.5. The Bertz CT molecular complexity index is 478. The van der Waals surface area contributed by atoms with Crippen LogP contribution < -0.4 is 11.1 Å². The van der Waals surface area contributed by atoms with Crippen molar-refractivity contribution in [3.63, 3.8) is 0 Å². The fraction of sp³-hybridized carbons (Fsp3) is 0.533. The van der Waals surface area contributed by atoms with Gasteiger partial charge in [0.2, 0.25) is 5.91 Å². The van der Waals surface area contributed by atoms with Crippen molar-refractivity contribution in [3.05, 3.63) is 24.0 Å². The number of anilines is 2. The molecule has 0 radical (unpaired) electrons. The number of hydrogen-bond acceptors (Lipinski definition) is 3. The van der Waals surface area contributed by atoms with Crippen molar-refractivity contribution in [2.24, 2.45) is 0 Å². The third-order valence-corrected chi connectivity index (χ3v) is 3.80. The van der Waals surface area contributed by atoms with Gasteiger partial charge in [0.05, 0.1) is 12.2 Å². The van der Waals surface area contributed by atoms with E-state index < -0.39 is 5.82 Å². The first-order valence-corrected chi connectivity index (χ1v) is 7.15. The largest absolute Gasteiger partial charge is 0.399 e. The third-order valence-electron chi connectivity index (χ3n) is 3.80. The van der Waals surface area contributed by atoms with Crippen LogP contribution in [-0.2, 0) is 4.79 Å². The highest BCUT2D eigenvalue weighted by molar-refractivity contribution is 5.92. The molecule has 1 aromatic rings. The first-order chi connectivity index (χ1) is 9.56. The van der Waals surface area contributed by atoms with Gasteiger partial charge in [0.25, 0.3) is 0 Å². The van der Waals surface area contributed by atoms with Gasteiger partial charge >= 0.3 is 0 Å². The van der Waals surface area contributed by atoms with E-state index in [2.05, 4.69) is 17.1 Å². The molecule has 1 amide bonds. The lowest BCUT2D eigenvalue weighted by atomic mass is 10.1. The number of benzene rings is 1. The standard InChI is InChI=1S/C15H22FN3O/c1-11-5-3-2-4-8-19(11)10-15(20)18-14-9-12(17)6-7-13(14)16/h6-7,9,11H,2-5,8,10,17H2,1H3,(H,18,20). The van der Waals surface area contributed by atoms with E-state index in [1.807, 2.05) is 0 Å². The second-order valence-corrected chi connectivity index (χ2v) is 5.46. The Morgan fingerprint density at radius 1 is 1.45 bits per heavy atom. The van der Waals surface area contributed by atoms with Gasteiger partial charge < -0.3 is 11.1 Å². The van der Waals surface area contributed by atoms with Gasteiger partial charge in [0.1, 0.15) is 5.82 Å². The number of hydrogen-bond donors (Lipinski definition) is 2. The zero-order valence-electron chi connectivity index (χ0n) is 11.9. The maximum atomic E-state index is 13.6. The lowest BCUT2D eigenvalue weighted by Gasteiger charge is -2.26. The second-order valence-electron chi connectivity index (χ2n) is 5.46. The van der Waals surface area contributed by atoms with Crippen LogP contribution in [0, 0.1) is 5.82 Å². The highest BCUT2D eigenvalue weighted by atomic mass is 19.1. The lowest BCUT2D eigenvalue weighted by molar-refractivity contribution is -0.117. The third kappa shape index (κ3) is 3.93. The first-order valence-electron chi connectivity index (χ1n) is 7.15. The normalized spacial score (nSPS) is 20.4. The minimum atomic E-state index is -0.462. The number of amides is 1. The maximum absolute atomic E-state index is 13.6. The molecule has 0 aliphatic carbocycles. The van der Waals surface area contributed by atoms with Gasteiger partial charge in [0.15, 0.2) is 0 Å². The van der Waals surface area contributed by atoms with Crippen molar-refractivity contribution in [1.29, 1.82) is 0 Å². The maximum Gasteiger partial charge on any atom is 0.238 e. The van der Waals surface area contributed by atoms with Gasteiger partial charge in [0, 0.05) is 11.7 Å². The molecule has 1 saturated heterocycles. The smallest absolute Gasteiger partial charge is 0.238 e. The fourth-order valence-corrected chi connectivity index (χ4v) is 2.58. The number of nitrogens with two attached hydrogens (primary N) is 1. The summed E-state index contributed by atoms with van der Waals surface area (Å²) in [6, 6.07) is 4.58. The summed E-state index contributed by atoms with van der Waals surface area (Å²) >= 11 is 0. The van der Waals surface area contributed by atoms with Crippen molar-refractivity contribution in [3.8, 4) is 0 Å². The molecular formula is C15H22FN3O. The Balaban J connectivity index is 1.96. The van der Waals surface area contributed by atoms with E-state index in [1.165, 1.54) is 31.0 Å². The molecule has 4 nitrogen and oxygen atoms in total. The number of rotatable bonds is 3. The number of likely N-dealkylation sites (tertiary alicyclic amines) is 1. The summed E-state index contributed by atoms with van der Waals surface area (Å²) < 4.78 is 13.6. The molecule has 1 aliphatic rings. The van der Waals surface area contributed by atoms with E-state index in [0.717, 1.165) is 19.4 Å². The van der Waals surface area contributed by atoms with Crippen molar-refractivity contribution in [2.75, 3.05) is 24.1 Å². The van der Waals surface area contributed by atoms with E-state index in [-0.39, 0.29) is 11.6 Å². The van der Waals surface area contributed by atoms with Crippen LogP contribution in [0.15, 0.2) is 18.2 Å². The van der Waals surface area contributed by atoms with Crippen LogP contribution in [0.3, 0.4) is 0 Å². The predicted molar refractivity (Wildman–Crippen MR) is 78.9 cm³/mol. The van der Waals surface area contributed by atoms with Crippen molar-refractivity contribution in [1.82, 2.24) is 4.90 Å². The van der Waals surface area contributed by atoms with Crippen LogP contribution >= 0.6 is 0 Å². The van der Waals surface area contributed by atoms with Crippen molar-refractivity contribution in [2.45, 2.75) is 38.6 Å². The molecule has 1 aromatic carbocycles. The zero-order valence-corrected chi connectivity index (χ0v) is 11.9. The van der Waals surface area contributed by atoms with Crippen LogP contribution in [0.4, 0.5) is 15.8 Å². The average molecular weight is 279 g/mol. The average Bonchev–Trinajstić information content (AvgIpc) is 2.59. The van der Waals surface area contributed by atoms with Crippen LogP contribution in [0.2, 0.25) is 0 Å². The number of carbonyl (C=O) groups is 1. The summed E-state index contributed by atoms with van der Waals surface area (Å²) in [5.74, 6) is -0.653. The Labute approximate surface area is 119 Å². The van der Waals surface area contributed by atoms with Crippen LogP contribution in [0.5, 0.6) is 0 Å². The Kier molecular flexibility index (Phi) is 4.95. The van der Waals surface area contributed by atoms with E-state index in [9.17, 15) is 9.18 Å². The minimum Gasteiger partial charge on any atom is -0.399 e. The monoisotopic (exact) mass is 279 g/mol. The molecule has 2 rings (SSSR count). The Morgan fingerprint density at radius 2 is 2.25 bits per heavy atom. The number of nitrogens with zero attached hydrogens (tertiary/aromatic N) is 1. The molecule has 3 N–H and O–H groups in total. The molecule has 1 atom stereocenters. The molecule has 1 aliphatic heterocycles. The lowest BCUT2D eigenvalue weighted by Crippen LogP contribution is -2.39. The summed E-state index contributed by atoms with van der Waals surface area (Å²) in [7, 11) is 0. The van der Waals surface area contributed by atoms with E-state index in [0.29, 0.717) is 18.3 Å². The van der Waals surface area contributed by atoms with Crippen molar-refractivity contribution < 1.29 is 9.18 Å². The predicted octanol–water partition coefficient (Wildman–Crippen LogP) is 2.61. The minimum absolute atomic E-state index is 0.150. The van der Waals surface area contributed by atoms with Crippen LogP contribution in [0.25, 0.3) is 0 Å². The van der Waals surface area contributed by atoms with E-state index >= 15 is 0 Å². The summed E-state index contributed by atoms with van der Waals surface area (Å²) in [4.78, 5) is 14.2. The van der Waals surface area contributed by atoms with Crippen molar-refractivity contribution >= 4 is 17.3 Å². The van der Waals surface area contributed by atoms with Crippen LogP contribution in [-0.4, -0.2) is 29.9 Å². The highest BCUT2D eigenvalue weighted by Gasteiger charge is 2.19. The molecular weight excluding hydrogens is 257 g/mol. The van der Waals surface area contributed by atoms with Gasteiger partial charge in [-0.05, 0) is 44.5 Å². The molecule has 1 heterocycles. The van der Waals surface area contributed by atoms with Gasteiger partial charge in [-0.1, -0.05) is 12.8 Å². The molecule has 0 saturated carbocycles. The van der Waals surface area contributed by atoms with E-state index in [1.54, 1.807) is 0 Å². The highest BCUT2D eigenvalue weighted by Crippen LogP contribution is 2.19. The van der Waals surface area contributed by atoms with Crippen LogP contribution in [0.1, 0.15) is 32.6 Å². The summed E-state index contributed by atoms with van der Waals surface area (Å²) in [5.41, 5.74) is 6.19.